The largest absolute Gasteiger partial charge is 0.354 e. The number of hydrogen-bond acceptors (Lipinski definition) is 7. The summed E-state index contributed by atoms with van der Waals surface area (Å²) < 4.78 is 6.00. The predicted molar refractivity (Wildman–Crippen MR) is 99.6 cm³/mol. The lowest BCUT2D eigenvalue weighted by Gasteiger charge is -2.32. The van der Waals surface area contributed by atoms with Gasteiger partial charge in [0.2, 0.25) is 5.91 Å². The molecule has 0 aliphatic carbocycles. The number of carbonyl (C=O) groups excluding carboxylic acids is 1. The fourth-order valence-corrected chi connectivity index (χ4v) is 3.73. The molecule has 4 rings (SSSR count). The average molecular weight is 369 g/mol. The van der Waals surface area contributed by atoms with Crippen LogP contribution in [0.15, 0.2) is 36.9 Å². The Kier molecular flexibility index (Phi) is 4.61. The molecule has 1 aliphatic heterocycles. The topological polar surface area (TPSA) is 88.8 Å². The number of carbonyl (C=O) groups is 1. The van der Waals surface area contributed by atoms with Crippen LogP contribution >= 0.6 is 11.5 Å². The van der Waals surface area contributed by atoms with Gasteiger partial charge in [-0.2, -0.15) is 4.37 Å². The molecule has 134 valence electrons. The second-order valence-electron chi connectivity index (χ2n) is 6.33. The van der Waals surface area contributed by atoms with E-state index in [0.717, 1.165) is 41.7 Å². The molecule has 0 bridgehead atoms. The molecule has 0 spiro atoms. The van der Waals surface area contributed by atoms with E-state index in [4.69, 9.17) is 0 Å². The normalized spacial score (nSPS) is 17.3. The Labute approximate surface area is 155 Å². The van der Waals surface area contributed by atoms with Gasteiger partial charge >= 0.3 is 0 Å². The van der Waals surface area contributed by atoms with Gasteiger partial charge < -0.3 is 10.2 Å². The van der Waals surface area contributed by atoms with E-state index in [2.05, 4.69) is 29.8 Å². The molecule has 1 unspecified atom stereocenters. The maximum Gasteiger partial charge on any atom is 0.229 e. The highest BCUT2D eigenvalue weighted by molar-refractivity contribution is 7.10. The Balaban J connectivity index is 1.42. The molecular formula is C17H19N7OS. The SMILES string of the molecule is Cc1cc(NC(=O)C2CCCN(c3ccc(-n4ccnc4)nn3)C2)sn1. The second kappa shape index (κ2) is 7.20. The first-order valence-corrected chi connectivity index (χ1v) is 9.27. The van der Waals surface area contributed by atoms with Crippen LogP contribution in [0, 0.1) is 12.8 Å². The van der Waals surface area contributed by atoms with E-state index in [1.165, 1.54) is 11.5 Å². The summed E-state index contributed by atoms with van der Waals surface area (Å²) in [6, 6.07) is 5.74. The molecule has 1 saturated heterocycles. The molecule has 0 aromatic carbocycles. The van der Waals surface area contributed by atoms with Crippen LogP contribution in [0.5, 0.6) is 0 Å². The molecule has 1 N–H and O–H groups in total. The zero-order valence-electron chi connectivity index (χ0n) is 14.4. The van der Waals surface area contributed by atoms with E-state index in [-0.39, 0.29) is 11.8 Å². The van der Waals surface area contributed by atoms with Crippen LogP contribution in [0.1, 0.15) is 18.5 Å². The van der Waals surface area contributed by atoms with E-state index >= 15 is 0 Å². The summed E-state index contributed by atoms with van der Waals surface area (Å²) in [6.07, 6.45) is 7.04. The maximum atomic E-state index is 12.6. The molecule has 1 aliphatic rings. The van der Waals surface area contributed by atoms with Gasteiger partial charge in [0.25, 0.3) is 0 Å². The van der Waals surface area contributed by atoms with Crippen molar-refractivity contribution in [2.24, 2.45) is 5.92 Å². The van der Waals surface area contributed by atoms with Gasteiger partial charge in [0.1, 0.15) is 11.3 Å². The number of nitrogens with one attached hydrogen (secondary N) is 1. The van der Waals surface area contributed by atoms with Gasteiger partial charge in [-0.25, -0.2) is 4.98 Å². The molecule has 3 aromatic rings. The molecule has 1 atom stereocenters. The van der Waals surface area contributed by atoms with Crippen molar-refractivity contribution >= 4 is 28.3 Å². The van der Waals surface area contributed by atoms with E-state index in [0.29, 0.717) is 6.54 Å². The Hall–Kier alpha value is -2.81. The highest BCUT2D eigenvalue weighted by atomic mass is 32.1. The minimum atomic E-state index is -0.0683. The first-order chi connectivity index (χ1) is 12.7. The fourth-order valence-electron chi connectivity index (χ4n) is 3.06. The third-order valence-corrected chi connectivity index (χ3v) is 5.19. The lowest BCUT2D eigenvalue weighted by molar-refractivity contribution is -0.120. The number of piperidine rings is 1. The summed E-state index contributed by atoms with van der Waals surface area (Å²) in [6.45, 7) is 3.44. The van der Waals surface area contributed by atoms with Crippen molar-refractivity contribution in [3.63, 3.8) is 0 Å². The highest BCUT2D eigenvalue weighted by Crippen LogP contribution is 2.24. The van der Waals surface area contributed by atoms with Gasteiger partial charge in [0.15, 0.2) is 11.6 Å². The number of hydrogen-bond donors (Lipinski definition) is 1. The van der Waals surface area contributed by atoms with Crippen LogP contribution in [0.25, 0.3) is 5.82 Å². The van der Waals surface area contributed by atoms with Crippen LogP contribution in [-0.2, 0) is 4.79 Å². The van der Waals surface area contributed by atoms with Crippen LogP contribution < -0.4 is 10.2 Å². The molecular weight excluding hydrogens is 350 g/mol. The molecule has 8 nitrogen and oxygen atoms in total. The maximum absolute atomic E-state index is 12.6. The van der Waals surface area contributed by atoms with Crippen molar-refractivity contribution in [3.05, 3.63) is 42.6 Å². The lowest BCUT2D eigenvalue weighted by atomic mass is 9.97. The quantitative estimate of drug-likeness (QED) is 0.759. The van der Waals surface area contributed by atoms with Gasteiger partial charge in [0.05, 0.1) is 11.6 Å². The predicted octanol–water partition coefficient (Wildman–Crippen LogP) is 2.28. The second-order valence-corrected chi connectivity index (χ2v) is 7.13. The van der Waals surface area contributed by atoms with E-state index in [9.17, 15) is 4.79 Å². The first kappa shape index (κ1) is 16.6. The van der Waals surface area contributed by atoms with Gasteiger partial charge in [-0.15, -0.1) is 10.2 Å². The molecule has 0 radical (unpaired) electrons. The zero-order valence-corrected chi connectivity index (χ0v) is 15.2. The molecule has 1 amide bonds. The van der Waals surface area contributed by atoms with Gasteiger partial charge in [-0.3, -0.25) is 9.36 Å². The number of nitrogens with zero attached hydrogens (tertiary/aromatic N) is 6. The van der Waals surface area contributed by atoms with Crippen molar-refractivity contribution < 1.29 is 4.79 Å². The number of amides is 1. The summed E-state index contributed by atoms with van der Waals surface area (Å²) in [5.74, 6) is 1.49. The molecule has 3 aromatic heterocycles. The standard InChI is InChI=1S/C17H19N7OS/c1-12-9-16(26-22-12)19-17(25)13-3-2-7-23(10-13)14-4-5-15(21-20-14)24-8-6-18-11-24/h4-6,8-9,11,13H,2-3,7,10H2,1H3,(H,19,25). The van der Waals surface area contributed by atoms with Gasteiger partial charge in [0, 0.05) is 25.5 Å². The van der Waals surface area contributed by atoms with Gasteiger partial charge in [-0.1, -0.05) is 0 Å². The minimum absolute atomic E-state index is 0.0429. The average Bonchev–Trinajstić information content (AvgIpc) is 3.34. The lowest BCUT2D eigenvalue weighted by Crippen LogP contribution is -2.41. The zero-order chi connectivity index (χ0) is 17.9. The number of anilines is 2. The molecule has 9 heteroatoms. The smallest absolute Gasteiger partial charge is 0.229 e. The van der Waals surface area contributed by atoms with Crippen molar-refractivity contribution in [1.82, 2.24) is 24.1 Å². The Bertz CT molecular complexity index is 875. The Morgan fingerprint density at radius 2 is 2.15 bits per heavy atom. The molecule has 1 fully saturated rings. The van der Waals surface area contributed by atoms with Crippen LogP contribution in [0.2, 0.25) is 0 Å². The van der Waals surface area contributed by atoms with E-state index < -0.39 is 0 Å². The Morgan fingerprint density at radius 3 is 2.85 bits per heavy atom. The van der Waals surface area contributed by atoms with Crippen molar-refractivity contribution in [3.8, 4) is 5.82 Å². The summed E-state index contributed by atoms with van der Waals surface area (Å²) in [4.78, 5) is 18.7. The summed E-state index contributed by atoms with van der Waals surface area (Å²) >= 11 is 1.31. The summed E-state index contributed by atoms with van der Waals surface area (Å²) in [5.41, 5.74) is 0.920. The third kappa shape index (κ3) is 3.57. The third-order valence-electron chi connectivity index (χ3n) is 4.40. The molecule has 0 saturated carbocycles. The monoisotopic (exact) mass is 369 g/mol. The van der Waals surface area contributed by atoms with Gasteiger partial charge in [-0.05, 0) is 49.5 Å². The fraction of sp³-hybridized carbons (Fsp3) is 0.353. The van der Waals surface area contributed by atoms with Crippen molar-refractivity contribution in [2.75, 3.05) is 23.3 Å². The summed E-state index contributed by atoms with van der Waals surface area (Å²) in [7, 11) is 0. The van der Waals surface area contributed by atoms with E-state index in [1.807, 2.05) is 31.3 Å². The first-order valence-electron chi connectivity index (χ1n) is 8.50. The summed E-state index contributed by atoms with van der Waals surface area (Å²) in [5, 5.41) is 12.4. The number of rotatable bonds is 4. The number of aryl methyl sites for hydroxylation is 1. The van der Waals surface area contributed by atoms with Crippen molar-refractivity contribution in [2.45, 2.75) is 19.8 Å². The van der Waals surface area contributed by atoms with E-state index in [1.54, 1.807) is 17.1 Å². The highest BCUT2D eigenvalue weighted by Gasteiger charge is 2.27. The Morgan fingerprint density at radius 1 is 1.31 bits per heavy atom. The minimum Gasteiger partial charge on any atom is -0.354 e. The number of aromatic nitrogens is 5. The molecule has 4 heterocycles. The number of imidazole rings is 1. The van der Waals surface area contributed by atoms with Crippen LogP contribution in [0.3, 0.4) is 0 Å². The molecule has 26 heavy (non-hydrogen) atoms. The van der Waals surface area contributed by atoms with Crippen LogP contribution in [-0.4, -0.2) is 43.1 Å². The van der Waals surface area contributed by atoms with Crippen LogP contribution in [0.4, 0.5) is 10.8 Å². The van der Waals surface area contributed by atoms with Crippen molar-refractivity contribution in [1.29, 1.82) is 0 Å².